The smallest absolute Gasteiger partial charge is 0.341 e. The Bertz CT molecular complexity index is 1080. The largest absolute Gasteiger partial charge is 0.497 e. The van der Waals surface area contributed by atoms with E-state index in [1.54, 1.807) is 0 Å². The van der Waals surface area contributed by atoms with E-state index < -0.39 is 11.4 Å². The summed E-state index contributed by atoms with van der Waals surface area (Å²) in [5, 5.41) is 9.53. The molecule has 1 unspecified atom stereocenters. The molecule has 0 amide bonds. The molecule has 0 radical (unpaired) electrons. The molecule has 3 heterocycles. The number of aromatic carboxylic acids is 1. The molecule has 1 atom stereocenters. The maximum absolute atomic E-state index is 12.6. The third-order valence-corrected chi connectivity index (χ3v) is 6.47. The highest BCUT2D eigenvalue weighted by atomic mass is 16.5. The Morgan fingerprint density at radius 3 is 2.66 bits per heavy atom. The summed E-state index contributed by atoms with van der Waals surface area (Å²) in [6.45, 7) is 11.3. The van der Waals surface area contributed by atoms with Gasteiger partial charge in [0.25, 0.3) is 0 Å². The van der Waals surface area contributed by atoms with Crippen LogP contribution < -0.4 is 5.43 Å². The Hall–Kier alpha value is -2.80. The van der Waals surface area contributed by atoms with Crippen molar-refractivity contribution in [2.24, 2.45) is 10.8 Å². The minimum atomic E-state index is -1.20. The zero-order chi connectivity index (χ0) is 23.3. The number of rotatable bonds is 4. The minimum Gasteiger partial charge on any atom is -0.497 e. The molecule has 1 N–H and O–H groups in total. The summed E-state index contributed by atoms with van der Waals surface area (Å²) in [5.74, 6) is -0.318. The molecule has 4 rings (SSSR count). The number of allylic oxidation sites excluding steroid dienone is 4. The number of ether oxygens (including phenoxy) is 2. The van der Waals surface area contributed by atoms with Gasteiger partial charge in [0.2, 0.25) is 0 Å². The van der Waals surface area contributed by atoms with Crippen LogP contribution in [0.1, 0.15) is 56.2 Å². The van der Waals surface area contributed by atoms with Crippen LogP contribution in [0.2, 0.25) is 0 Å². The van der Waals surface area contributed by atoms with Crippen LogP contribution in [0.4, 0.5) is 0 Å². The lowest BCUT2D eigenvalue weighted by atomic mass is 9.83. The summed E-state index contributed by atoms with van der Waals surface area (Å²) in [4.78, 5) is 26.5. The predicted molar refractivity (Wildman–Crippen MR) is 122 cm³/mol. The maximum atomic E-state index is 12.6. The maximum Gasteiger partial charge on any atom is 0.341 e. The molecule has 1 saturated heterocycles. The van der Waals surface area contributed by atoms with E-state index in [0.717, 1.165) is 22.7 Å². The average molecular weight is 441 g/mol. The Balaban J connectivity index is 1.74. The molecular weight excluding hydrogens is 408 g/mol. The number of aromatic nitrogens is 1. The van der Waals surface area contributed by atoms with Gasteiger partial charge in [-0.15, -0.1) is 0 Å². The summed E-state index contributed by atoms with van der Waals surface area (Å²) in [6, 6.07) is 1.49. The topological polar surface area (TPSA) is 81.0 Å². The van der Waals surface area contributed by atoms with Gasteiger partial charge < -0.3 is 24.0 Å². The Kier molecular flexibility index (Phi) is 5.57. The van der Waals surface area contributed by atoms with Crippen LogP contribution in [0.3, 0.4) is 0 Å². The summed E-state index contributed by atoms with van der Waals surface area (Å²) in [5.41, 5.74) is 1.98. The first-order valence-electron chi connectivity index (χ1n) is 11.0. The van der Waals surface area contributed by atoms with Crippen LogP contribution in [0, 0.1) is 10.8 Å². The summed E-state index contributed by atoms with van der Waals surface area (Å²) in [6.07, 6.45) is 8.12. The molecule has 3 aliphatic rings. The van der Waals surface area contributed by atoms with Crippen molar-refractivity contribution in [1.82, 2.24) is 9.47 Å². The van der Waals surface area contributed by atoms with Gasteiger partial charge in [-0.25, -0.2) is 4.79 Å². The van der Waals surface area contributed by atoms with E-state index in [1.165, 1.54) is 12.3 Å². The molecule has 1 fully saturated rings. The van der Waals surface area contributed by atoms with E-state index in [1.807, 2.05) is 29.8 Å². The molecule has 7 nitrogen and oxygen atoms in total. The van der Waals surface area contributed by atoms with Gasteiger partial charge in [0.1, 0.15) is 11.3 Å². The molecule has 172 valence electrons. The zero-order valence-electron chi connectivity index (χ0n) is 19.5. The first kappa shape index (κ1) is 22.4. The van der Waals surface area contributed by atoms with Crippen LogP contribution in [-0.4, -0.2) is 54.0 Å². The summed E-state index contributed by atoms with van der Waals surface area (Å²) < 4.78 is 13.4. The van der Waals surface area contributed by atoms with E-state index in [-0.39, 0.29) is 22.4 Å². The van der Waals surface area contributed by atoms with Gasteiger partial charge in [0.15, 0.2) is 5.43 Å². The van der Waals surface area contributed by atoms with Crippen LogP contribution in [-0.2, 0) is 9.47 Å². The van der Waals surface area contributed by atoms with Crippen LogP contribution >= 0.6 is 0 Å². The molecule has 1 aromatic heterocycles. The second kappa shape index (κ2) is 7.96. The third-order valence-electron chi connectivity index (χ3n) is 6.47. The SMILES string of the molecule is CN1CC(C(C)(C)C)n2cc(C(=O)O)c(=O)cc2/C1=C1\C=CC=C(OCC2(C)COC2)C1. The fraction of sp³-hybridized carbons (Fsp3) is 0.520. The van der Waals surface area contributed by atoms with E-state index in [4.69, 9.17) is 9.47 Å². The predicted octanol–water partition coefficient (Wildman–Crippen LogP) is 3.69. The lowest BCUT2D eigenvalue weighted by Crippen LogP contribution is -2.43. The lowest BCUT2D eigenvalue weighted by Gasteiger charge is -2.44. The van der Waals surface area contributed by atoms with Crippen molar-refractivity contribution in [3.63, 3.8) is 0 Å². The van der Waals surface area contributed by atoms with Crippen LogP contribution in [0.5, 0.6) is 0 Å². The normalized spacial score (nSPS) is 24.5. The van der Waals surface area contributed by atoms with Crippen molar-refractivity contribution in [3.8, 4) is 0 Å². The number of fused-ring (bicyclic) bond motifs is 1. The zero-order valence-corrected chi connectivity index (χ0v) is 19.5. The standard InChI is InChI=1S/C25H32N2O5/c1-24(2,3)21-12-26(5)22(19-10-20(28)18(23(29)30)11-27(19)21)16-7-6-8-17(9-16)32-15-25(4)13-31-14-25/h6-8,10-11,21H,9,12-15H2,1-5H3,(H,29,30)/b22-16-. The monoisotopic (exact) mass is 440 g/mol. The number of nitrogens with zero attached hydrogens (tertiary/aromatic N) is 2. The van der Waals surface area contributed by atoms with E-state index in [9.17, 15) is 14.7 Å². The Morgan fingerprint density at radius 1 is 1.34 bits per heavy atom. The molecule has 32 heavy (non-hydrogen) atoms. The number of likely N-dealkylation sites (N-methyl/N-ethyl adjacent to an activating group) is 1. The van der Waals surface area contributed by atoms with Gasteiger partial charge in [-0.2, -0.15) is 0 Å². The molecule has 0 aromatic carbocycles. The second-order valence-corrected chi connectivity index (χ2v) is 10.5. The molecule has 1 aromatic rings. The van der Waals surface area contributed by atoms with Crippen molar-refractivity contribution < 1.29 is 19.4 Å². The van der Waals surface area contributed by atoms with Gasteiger partial charge in [-0.3, -0.25) is 4.79 Å². The van der Waals surface area contributed by atoms with E-state index in [0.29, 0.717) is 32.8 Å². The molecule has 0 saturated carbocycles. The third kappa shape index (κ3) is 4.13. The second-order valence-electron chi connectivity index (χ2n) is 10.5. The van der Waals surface area contributed by atoms with E-state index >= 15 is 0 Å². The number of hydrogen-bond donors (Lipinski definition) is 1. The highest BCUT2D eigenvalue weighted by Gasteiger charge is 2.37. The Labute approximate surface area is 188 Å². The number of carboxylic acid groups (broad SMARTS) is 1. The van der Waals surface area contributed by atoms with Crippen molar-refractivity contribution in [2.75, 3.05) is 33.4 Å². The summed E-state index contributed by atoms with van der Waals surface area (Å²) in [7, 11) is 2.03. The quantitative estimate of drug-likeness (QED) is 0.769. The highest BCUT2D eigenvalue weighted by Crippen LogP contribution is 2.41. The van der Waals surface area contributed by atoms with Crippen molar-refractivity contribution in [3.05, 3.63) is 63.3 Å². The lowest BCUT2D eigenvalue weighted by molar-refractivity contribution is -0.129. The minimum absolute atomic E-state index is 0.0166. The number of carbonyl (C=O) groups is 1. The fourth-order valence-corrected chi connectivity index (χ4v) is 4.53. The van der Waals surface area contributed by atoms with Crippen LogP contribution in [0.15, 0.2) is 46.6 Å². The van der Waals surface area contributed by atoms with Gasteiger partial charge >= 0.3 is 5.97 Å². The van der Waals surface area contributed by atoms with Gasteiger partial charge in [0.05, 0.1) is 37.3 Å². The number of pyridine rings is 1. The number of hydrogen-bond acceptors (Lipinski definition) is 5. The van der Waals surface area contributed by atoms with E-state index in [2.05, 4.69) is 32.6 Å². The molecular formula is C25H32N2O5. The van der Waals surface area contributed by atoms with Crippen LogP contribution in [0.25, 0.3) is 5.70 Å². The molecule has 2 aliphatic heterocycles. The molecule has 0 spiro atoms. The van der Waals surface area contributed by atoms with Crippen molar-refractivity contribution in [1.29, 1.82) is 0 Å². The molecule has 7 heteroatoms. The van der Waals surface area contributed by atoms with Crippen molar-refractivity contribution in [2.45, 2.75) is 40.2 Å². The van der Waals surface area contributed by atoms with Gasteiger partial charge in [-0.05, 0) is 17.1 Å². The average Bonchev–Trinajstić information content (AvgIpc) is 2.69. The number of carboxylic acids is 1. The molecule has 1 aliphatic carbocycles. The van der Waals surface area contributed by atoms with Gasteiger partial charge in [0, 0.05) is 37.7 Å². The molecule has 0 bridgehead atoms. The first-order valence-corrected chi connectivity index (χ1v) is 11.0. The van der Waals surface area contributed by atoms with Crippen molar-refractivity contribution >= 4 is 11.7 Å². The van der Waals surface area contributed by atoms with Gasteiger partial charge in [-0.1, -0.05) is 39.8 Å². The first-order chi connectivity index (χ1) is 15.0. The highest BCUT2D eigenvalue weighted by molar-refractivity contribution is 5.87. The fourth-order valence-electron chi connectivity index (χ4n) is 4.53. The summed E-state index contributed by atoms with van der Waals surface area (Å²) >= 11 is 0. The Morgan fingerprint density at radius 2 is 2.06 bits per heavy atom.